The number of hydrogen-bond acceptors (Lipinski definition) is 4. The molecule has 3 rings (SSSR count). The highest BCUT2D eigenvalue weighted by Gasteiger charge is 2.22. The van der Waals surface area contributed by atoms with E-state index in [2.05, 4.69) is 15.5 Å². The Balaban J connectivity index is 1.90. The van der Waals surface area contributed by atoms with Crippen LogP contribution in [0.2, 0.25) is 5.02 Å². The number of anilines is 1. The summed E-state index contributed by atoms with van der Waals surface area (Å²) < 4.78 is 1.80. The first-order chi connectivity index (χ1) is 8.74. The average Bonchev–Trinajstić information content (AvgIpc) is 3.08. The molecule has 0 unspecified atom stereocenters. The van der Waals surface area contributed by atoms with Gasteiger partial charge in [-0.15, -0.1) is 5.10 Å². The molecule has 6 heteroatoms. The van der Waals surface area contributed by atoms with Crippen molar-refractivity contribution in [2.75, 3.05) is 5.73 Å². The van der Waals surface area contributed by atoms with Gasteiger partial charge in [0, 0.05) is 17.8 Å². The van der Waals surface area contributed by atoms with Crippen LogP contribution in [0.4, 0.5) is 5.69 Å². The molecule has 94 valence electrons. The van der Waals surface area contributed by atoms with Crippen molar-refractivity contribution in [3.05, 3.63) is 23.2 Å². The van der Waals surface area contributed by atoms with Crippen LogP contribution in [0.5, 0.6) is 0 Å². The molecule has 1 saturated carbocycles. The summed E-state index contributed by atoms with van der Waals surface area (Å²) in [6.45, 7) is 0.831. The molecule has 1 aliphatic rings. The van der Waals surface area contributed by atoms with Crippen LogP contribution < -0.4 is 5.73 Å². The first kappa shape index (κ1) is 11.5. The molecule has 0 radical (unpaired) electrons. The lowest BCUT2D eigenvalue weighted by Crippen LogP contribution is -2.04. The topological polar surface area (TPSA) is 69.6 Å². The number of aromatic nitrogens is 4. The van der Waals surface area contributed by atoms with Crippen molar-refractivity contribution in [1.29, 1.82) is 0 Å². The summed E-state index contributed by atoms with van der Waals surface area (Å²) in [4.78, 5) is 0. The molecule has 1 aromatic carbocycles. The van der Waals surface area contributed by atoms with Gasteiger partial charge in [-0.05, 0) is 41.0 Å². The normalized spacial score (nSPS) is 14.9. The molecule has 1 aliphatic carbocycles. The predicted molar refractivity (Wildman–Crippen MR) is 70.0 cm³/mol. The maximum atomic E-state index is 6.17. The van der Waals surface area contributed by atoms with Gasteiger partial charge in [0.1, 0.15) is 0 Å². The second-order valence-electron chi connectivity index (χ2n) is 4.70. The average molecular weight is 264 g/mol. The van der Waals surface area contributed by atoms with E-state index in [9.17, 15) is 0 Å². The second-order valence-corrected chi connectivity index (χ2v) is 5.10. The maximum absolute atomic E-state index is 6.17. The first-order valence-corrected chi connectivity index (χ1v) is 6.43. The molecule has 0 aliphatic heterocycles. The third-order valence-corrected chi connectivity index (χ3v) is 3.54. The number of nitrogens with two attached hydrogens (primary N) is 1. The Bertz CT molecular complexity index is 561. The minimum atomic E-state index is 0.617. The van der Waals surface area contributed by atoms with Gasteiger partial charge in [0.15, 0.2) is 5.82 Å². The van der Waals surface area contributed by atoms with Crippen LogP contribution in [0.1, 0.15) is 19.3 Å². The van der Waals surface area contributed by atoms with Crippen molar-refractivity contribution in [1.82, 2.24) is 20.2 Å². The van der Waals surface area contributed by atoms with E-state index in [0.717, 1.165) is 24.4 Å². The highest BCUT2D eigenvalue weighted by atomic mass is 35.5. The van der Waals surface area contributed by atoms with Crippen LogP contribution in [-0.4, -0.2) is 20.2 Å². The number of benzene rings is 1. The van der Waals surface area contributed by atoms with E-state index in [-0.39, 0.29) is 0 Å². The van der Waals surface area contributed by atoms with Crippen LogP contribution in [-0.2, 0) is 6.54 Å². The van der Waals surface area contributed by atoms with E-state index in [1.165, 1.54) is 12.8 Å². The predicted octanol–water partition coefficient (Wildman–Crippen LogP) is 2.38. The van der Waals surface area contributed by atoms with Crippen molar-refractivity contribution >= 4 is 17.3 Å². The highest BCUT2D eigenvalue weighted by molar-refractivity contribution is 6.33. The number of aryl methyl sites for hydroxylation is 1. The Kier molecular flexibility index (Phi) is 2.91. The van der Waals surface area contributed by atoms with Gasteiger partial charge < -0.3 is 5.73 Å². The zero-order valence-corrected chi connectivity index (χ0v) is 10.6. The minimum absolute atomic E-state index is 0.617. The summed E-state index contributed by atoms with van der Waals surface area (Å²) in [7, 11) is 0. The van der Waals surface area contributed by atoms with Gasteiger partial charge in [-0.2, -0.15) is 0 Å². The summed E-state index contributed by atoms with van der Waals surface area (Å²) in [5, 5.41) is 12.4. The Labute approximate surface area is 110 Å². The van der Waals surface area contributed by atoms with E-state index in [1.807, 2.05) is 6.07 Å². The summed E-state index contributed by atoms with van der Waals surface area (Å²) in [6, 6.07) is 5.35. The van der Waals surface area contributed by atoms with E-state index >= 15 is 0 Å². The standard InChI is InChI=1S/C12H14ClN5/c13-11-4-3-9(14)7-10(11)12-15-16-17-18(12)6-5-8-1-2-8/h3-4,7-8H,1-2,5-6,14H2. The van der Waals surface area contributed by atoms with Gasteiger partial charge in [-0.25, -0.2) is 4.68 Å². The minimum Gasteiger partial charge on any atom is -0.399 e. The van der Waals surface area contributed by atoms with Crippen LogP contribution in [0.25, 0.3) is 11.4 Å². The van der Waals surface area contributed by atoms with Crippen molar-refractivity contribution in [3.63, 3.8) is 0 Å². The Morgan fingerprint density at radius 3 is 3.00 bits per heavy atom. The number of nitrogens with zero attached hydrogens (tertiary/aromatic N) is 4. The lowest BCUT2D eigenvalue weighted by molar-refractivity contribution is 0.535. The fourth-order valence-corrected chi connectivity index (χ4v) is 2.18. The van der Waals surface area contributed by atoms with Crippen LogP contribution in [0, 0.1) is 5.92 Å². The van der Waals surface area contributed by atoms with E-state index in [4.69, 9.17) is 17.3 Å². The molecule has 2 N–H and O–H groups in total. The van der Waals surface area contributed by atoms with Crippen LogP contribution in [0.3, 0.4) is 0 Å². The molecule has 18 heavy (non-hydrogen) atoms. The fraction of sp³-hybridized carbons (Fsp3) is 0.417. The highest BCUT2D eigenvalue weighted by Crippen LogP contribution is 2.33. The molecule has 2 aromatic rings. The van der Waals surface area contributed by atoms with Gasteiger partial charge >= 0.3 is 0 Å². The second kappa shape index (κ2) is 4.57. The molecule has 0 atom stereocenters. The Morgan fingerprint density at radius 1 is 1.39 bits per heavy atom. The van der Waals surface area contributed by atoms with E-state index < -0.39 is 0 Å². The molecule has 5 nitrogen and oxygen atoms in total. The maximum Gasteiger partial charge on any atom is 0.183 e. The van der Waals surface area contributed by atoms with Crippen molar-refractivity contribution in [2.24, 2.45) is 5.92 Å². The molecule has 0 saturated heterocycles. The van der Waals surface area contributed by atoms with E-state index in [0.29, 0.717) is 16.5 Å². The summed E-state index contributed by atoms with van der Waals surface area (Å²) in [5.74, 6) is 1.53. The number of halogens is 1. The summed E-state index contributed by atoms with van der Waals surface area (Å²) in [6.07, 6.45) is 3.78. The molecule has 0 amide bonds. The fourth-order valence-electron chi connectivity index (χ4n) is 1.97. The number of hydrogen-bond donors (Lipinski definition) is 1. The van der Waals surface area contributed by atoms with Gasteiger partial charge in [0.2, 0.25) is 0 Å². The molecule has 1 heterocycles. The first-order valence-electron chi connectivity index (χ1n) is 6.05. The van der Waals surface area contributed by atoms with Crippen molar-refractivity contribution < 1.29 is 0 Å². The van der Waals surface area contributed by atoms with Gasteiger partial charge in [-0.1, -0.05) is 24.4 Å². The smallest absolute Gasteiger partial charge is 0.183 e. The lowest BCUT2D eigenvalue weighted by atomic mass is 10.2. The van der Waals surface area contributed by atoms with Gasteiger partial charge in [-0.3, -0.25) is 0 Å². The molecular formula is C12H14ClN5. The van der Waals surface area contributed by atoms with Crippen LogP contribution >= 0.6 is 11.6 Å². The van der Waals surface area contributed by atoms with Gasteiger partial charge in [0.25, 0.3) is 0 Å². The van der Waals surface area contributed by atoms with Gasteiger partial charge in [0.05, 0.1) is 5.02 Å². The lowest BCUT2D eigenvalue weighted by Gasteiger charge is -2.06. The molecule has 1 fully saturated rings. The van der Waals surface area contributed by atoms with Crippen molar-refractivity contribution in [2.45, 2.75) is 25.8 Å². The quantitative estimate of drug-likeness (QED) is 0.860. The number of nitrogen functional groups attached to an aromatic ring is 1. The zero-order chi connectivity index (χ0) is 12.5. The SMILES string of the molecule is Nc1ccc(Cl)c(-c2nnnn2CCC2CC2)c1. The van der Waals surface area contributed by atoms with E-state index in [1.54, 1.807) is 16.8 Å². The Hall–Kier alpha value is -1.62. The number of rotatable bonds is 4. The third kappa shape index (κ3) is 2.31. The van der Waals surface area contributed by atoms with Crippen molar-refractivity contribution in [3.8, 4) is 11.4 Å². The third-order valence-electron chi connectivity index (χ3n) is 3.21. The molecular weight excluding hydrogens is 250 g/mol. The van der Waals surface area contributed by atoms with Crippen LogP contribution in [0.15, 0.2) is 18.2 Å². The Morgan fingerprint density at radius 2 is 2.22 bits per heavy atom. The monoisotopic (exact) mass is 263 g/mol. The largest absolute Gasteiger partial charge is 0.399 e. The molecule has 0 bridgehead atoms. The molecule has 0 spiro atoms. The summed E-state index contributed by atoms with van der Waals surface area (Å²) in [5.41, 5.74) is 7.23. The summed E-state index contributed by atoms with van der Waals surface area (Å²) >= 11 is 6.17. The molecule has 1 aromatic heterocycles. The number of tetrazole rings is 1. The zero-order valence-electron chi connectivity index (χ0n) is 9.88.